The Morgan fingerprint density at radius 3 is 2.76 bits per heavy atom. The third kappa shape index (κ3) is 3.39. The lowest BCUT2D eigenvalue weighted by atomic mass is 10.2. The Kier molecular flexibility index (Phi) is 4.56. The standard InChI is InChI=1S/C10H8N4.C6H6N4O/c11-10-9-8(12-5-13-9)6-3-1-2-4-7(6)14-10;7-10-9-6(11)5-2-1-3-8-4-5/h1-5H,(H2,11,14)(H,12,13);1-4H,(H2,7,9,11). The van der Waals surface area contributed by atoms with Crippen molar-refractivity contribution in [1.29, 1.82) is 0 Å². The van der Waals surface area contributed by atoms with Crippen molar-refractivity contribution in [3.8, 4) is 0 Å². The lowest BCUT2D eigenvalue weighted by Crippen LogP contribution is -1.94. The van der Waals surface area contributed by atoms with Crippen LogP contribution in [-0.2, 0) is 0 Å². The van der Waals surface area contributed by atoms with E-state index in [0.29, 0.717) is 11.4 Å². The molecule has 3 heterocycles. The van der Waals surface area contributed by atoms with Gasteiger partial charge in [-0.15, -0.1) is 0 Å². The van der Waals surface area contributed by atoms with E-state index in [4.69, 9.17) is 5.73 Å². The van der Waals surface area contributed by atoms with Gasteiger partial charge < -0.3 is 16.6 Å². The largest absolute Gasteiger partial charge is 0.382 e. The van der Waals surface area contributed by atoms with E-state index in [2.05, 4.69) is 36.1 Å². The fourth-order valence-corrected chi connectivity index (χ4v) is 2.26. The highest BCUT2D eigenvalue weighted by Gasteiger charge is 2.06. The molecule has 9 heteroatoms. The summed E-state index contributed by atoms with van der Waals surface area (Å²) in [6, 6.07) is 11.1. The molecule has 1 aromatic carbocycles. The van der Waals surface area contributed by atoms with Gasteiger partial charge >= 0.3 is 0 Å². The van der Waals surface area contributed by atoms with Gasteiger partial charge in [-0.2, -0.15) is 0 Å². The number of aromatic nitrogens is 4. The summed E-state index contributed by atoms with van der Waals surface area (Å²) in [5, 5.41) is 7.03. The monoisotopic (exact) mass is 334 g/mol. The summed E-state index contributed by atoms with van der Waals surface area (Å²) in [7, 11) is 0. The van der Waals surface area contributed by atoms with Crippen molar-refractivity contribution in [2.24, 2.45) is 16.2 Å². The molecule has 0 fully saturated rings. The minimum absolute atomic E-state index is 0.377. The van der Waals surface area contributed by atoms with Crippen LogP contribution < -0.4 is 11.6 Å². The quantitative estimate of drug-likeness (QED) is 0.276. The molecule has 0 saturated heterocycles. The van der Waals surface area contributed by atoms with Crippen molar-refractivity contribution in [3.05, 3.63) is 60.7 Å². The van der Waals surface area contributed by atoms with Gasteiger partial charge in [0.2, 0.25) is 0 Å². The van der Waals surface area contributed by atoms with Gasteiger partial charge in [-0.3, -0.25) is 9.78 Å². The Morgan fingerprint density at radius 2 is 2.00 bits per heavy atom. The molecule has 4 rings (SSSR count). The molecule has 3 aromatic heterocycles. The summed E-state index contributed by atoms with van der Waals surface area (Å²) >= 11 is 0. The van der Waals surface area contributed by atoms with Gasteiger partial charge in [-0.1, -0.05) is 28.5 Å². The van der Waals surface area contributed by atoms with Crippen molar-refractivity contribution < 1.29 is 4.79 Å². The number of nitrogens with zero attached hydrogens (tertiary/aromatic N) is 5. The predicted molar refractivity (Wildman–Crippen MR) is 93.4 cm³/mol. The fourth-order valence-electron chi connectivity index (χ4n) is 2.26. The van der Waals surface area contributed by atoms with E-state index in [1.807, 2.05) is 24.3 Å². The summed E-state index contributed by atoms with van der Waals surface area (Å²) in [4.78, 5) is 26.1. The minimum atomic E-state index is -0.486. The summed E-state index contributed by atoms with van der Waals surface area (Å²) in [5.74, 6) is 4.67. The van der Waals surface area contributed by atoms with Crippen molar-refractivity contribution in [2.45, 2.75) is 0 Å². The normalized spacial score (nSPS) is 10.7. The maximum atomic E-state index is 10.9. The fraction of sp³-hybridized carbons (Fsp3) is 0. The lowest BCUT2D eigenvalue weighted by Gasteiger charge is -1.99. The van der Waals surface area contributed by atoms with Gasteiger partial charge in [0.25, 0.3) is 5.91 Å². The first-order valence-electron chi connectivity index (χ1n) is 7.23. The molecule has 0 spiro atoms. The number of H-pyrrole nitrogens is 1. The first kappa shape index (κ1) is 16.0. The highest BCUT2D eigenvalue weighted by molar-refractivity contribution is 6.05. The number of para-hydroxylation sites is 1. The van der Waals surface area contributed by atoms with Crippen LogP contribution in [0.2, 0.25) is 0 Å². The number of carbonyl (C=O) groups excluding carboxylic acids is 1. The smallest absolute Gasteiger partial charge is 0.298 e. The van der Waals surface area contributed by atoms with Crippen LogP contribution in [0.3, 0.4) is 0 Å². The molecular formula is C16H14N8O. The number of anilines is 1. The summed E-state index contributed by atoms with van der Waals surface area (Å²) < 4.78 is 0. The highest BCUT2D eigenvalue weighted by atomic mass is 16.1. The summed E-state index contributed by atoms with van der Waals surface area (Å²) in [6.45, 7) is 0. The van der Waals surface area contributed by atoms with E-state index in [0.717, 1.165) is 21.9 Å². The number of benzene rings is 1. The van der Waals surface area contributed by atoms with E-state index < -0.39 is 5.91 Å². The van der Waals surface area contributed by atoms with Gasteiger partial charge in [0, 0.05) is 17.8 Å². The molecule has 0 aliphatic carbocycles. The molecule has 0 bridgehead atoms. The van der Waals surface area contributed by atoms with Crippen LogP contribution in [0.1, 0.15) is 10.4 Å². The van der Waals surface area contributed by atoms with Crippen LogP contribution in [0, 0.1) is 0 Å². The second-order valence-electron chi connectivity index (χ2n) is 4.90. The van der Waals surface area contributed by atoms with Gasteiger partial charge in [0.1, 0.15) is 5.52 Å². The zero-order valence-electron chi connectivity index (χ0n) is 13.0. The number of hydrogen-bond acceptors (Lipinski definition) is 6. The molecule has 1 amide bonds. The molecule has 0 aliphatic rings. The van der Waals surface area contributed by atoms with E-state index >= 15 is 0 Å². The van der Waals surface area contributed by atoms with Gasteiger partial charge in [-0.05, 0) is 18.2 Å². The molecule has 0 aliphatic heterocycles. The Labute approximate surface area is 141 Å². The number of pyridine rings is 2. The van der Waals surface area contributed by atoms with Crippen LogP contribution in [0.25, 0.3) is 21.9 Å². The number of nitrogen functional groups attached to an aromatic ring is 1. The molecule has 0 unspecified atom stereocenters. The second-order valence-corrected chi connectivity index (χ2v) is 4.90. The zero-order chi connectivity index (χ0) is 17.6. The van der Waals surface area contributed by atoms with Crippen molar-refractivity contribution >= 4 is 33.7 Å². The Bertz CT molecular complexity index is 1040. The molecule has 0 radical (unpaired) electrons. The zero-order valence-corrected chi connectivity index (χ0v) is 13.0. The first-order valence-corrected chi connectivity index (χ1v) is 7.23. The number of imidazole rings is 1. The first-order chi connectivity index (χ1) is 12.2. The van der Waals surface area contributed by atoms with Gasteiger partial charge in [0.15, 0.2) is 5.82 Å². The predicted octanol–water partition coefficient (Wildman–Crippen LogP) is 2.24. The van der Waals surface area contributed by atoms with Crippen LogP contribution in [0.5, 0.6) is 0 Å². The number of carbonyl (C=O) groups is 1. The molecule has 0 saturated carbocycles. The highest BCUT2D eigenvalue weighted by Crippen LogP contribution is 2.24. The van der Waals surface area contributed by atoms with Gasteiger partial charge in [-0.25, -0.2) is 9.97 Å². The molecule has 5 N–H and O–H groups in total. The molecule has 124 valence electrons. The number of aromatic amines is 1. The Morgan fingerprint density at radius 1 is 1.16 bits per heavy atom. The van der Waals surface area contributed by atoms with Crippen LogP contribution in [0.15, 0.2) is 65.5 Å². The number of nitrogens with one attached hydrogen (secondary N) is 1. The molecule has 4 aromatic rings. The lowest BCUT2D eigenvalue weighted by molar-refractivity contribution is 0.0993. The SMILES string of the molecule is NN=NC(=O)c1cccnc1.Nc1nc2ccccc2c2[nH]cnc12. The molecule has 0 atom stereocenters. The van der Waals surface area contributed by atoms with Crippen LogP contribution >= 0.6 is 0 Å². The molecule has 9 nitrogen and oxygen atoms in total. The number of rotatable bonds is 1. The van der Waals surface area contributed by atoms with Crippen LogP contribution in [-0.4, -0.2) is 25.8 Å². The van der Waals surface area contributed by atoms with Crippen molar-refractivity contribution in [2.75, 3.05) is 5.73 Å². The third-order valence-corrected chi connectivity index (χ3v) is 3.35. The average molecular weight is 334 g/mol. The number of nitrogens with two attached hydrogens (primary N) is 2. The van der Waals surface area contributed by atoms with Gasteiger partial charge in [0.05, 0.1) is 22.9 Å². The van der Waals surface area contributed by atoms with E-state index in [1.165, 1.54) is 6.20 Å². The van der Waals surface area contributed by atoms with Crippen LogP contribution in [0.4, 0.5) is 5.82 Å². The maximum absolute atomic E-state index is 10.9. The maximum Gasteiger partial charge on any atom is 0.298 e. The topological polar surface area (TPSA) is 148 Å². The summed E-state index contributed by atoms with van der Waals surface area (Å²) in [5.41, 5.74) is 8.73. The number of fused-ring (bicyclic) bond motifs is 3. The number of hydrogen-bond donors (Lipinski definition) is 3. The van der Waals surface area contributed by atoms with E-state index in [9.17, 15) is 4.79 Å². The number of amides is 1. The van der Waals surface area contributed by atoms with Crippen molar-refractivity contribution in [3.63, 3.8) is 0 Å². The second kappa shape index (κ2) is 7.13. The summed E-state index contributed by atoms with van der Waals surface area (Å²) in [6.07, 6.45) is 4.60. The average Bonchev–Trinajstić information content (AvgIpc) is 3.14. The van der Waals surface area contributed by atoms with E-state index in [-0.39, 0.29) is 0 Å². The van der Waals surface area contributed by atoms with E-state index in [1.54, 1.807) is 24.7 Å². The Hall–Kier alpha value is -3.88. The molecular weight excluding hydrogens is 320 g/mol. The minimum Gasteiger partial charge on any atom is -0.382 e. The van der Waals surface area contributed by atoms with Crippen molar-refractivity contribution in [1.82, 2.24) is 19.9 Å². The Balaban J connectivity index is 0.000000151. The third-order valence-electron chi connectivity index (χ3n) is 3.35. The molecule has 25 heavy (non-hydrogen) atoms.